The minimum Gasteiger partial charge on any atom is -0.357 e. The molecule has 1 aliphatic rings. The first-order valence-corrected chi connectivity index (χ1v) is 11.0. The molecule has 0 unspecified atom stereocenters. The van der Waals surface area contributed by atoms with E-state index in [2.05, 4.69) is 15.5 Å². The van der Waals surface area contributed by atoms with Gasteiger partial charge in [-0.15, -0.1) is 0 Å². The molecule has 2 N–H and O–H groups in total. The van der Waals surface area contributed by atoms with Gasteiger partial charge in [-0.2, -0.15) is 13.2 Å². The first-order chi connectivity index (χ1) is 16.1. The van der Waals surface area contributed by atoms with Gasteiger partial charge in [0.1, 0.15) is 5.82 Å². The number of aromatic nitrogens is 1. The molecule has 2 aromatic carbocycles. The summed E-state index contributed by atoms with van der Waals surface area (Å²) in [4.78, 5) is 30.8. The molecule has 1 aromatic heterocycles. The SMILES string of the molecule is CC(=O)Nc1ccc2nc(N3CCC(C(=O)Nc4cccc(C(F)(F)F)c4)CC3)cc(C)c2c1. The van der Waals surface area contributed by atoms with Crippen LogP contribution in [0.25, 0.3) is 10.9 Å². The van der Waals surface area contributed by atoms with E-state index in [4.69, 9.17) is 4.98 Å². The fraction of sp³-hybridized carbons (Fsp3) is 0.320. The van der Waals surface area contributed by atoms with Gasteiger partial charge in [0.15, 0.2) is 0 Å². The Bertz CT molecular complexity index is 1230. The van der Waals surface area contributed by atoms with Crippen molar-refractivity contribution in [2.24, 2.45) is 5.92 Å². The number of piperidine rings is 1. The van der Waals surface area contributed by atoms with Crippen LogP contribution >= 0.6 is 0 Å². The number of benzene rings is 2. The van der Waals surface area contributed by atoms with Crippen LogP contribution in [-0.4, -0.2) is 29.9 Å². The van der Waals surface area contributed by atoms with Gasteiger partial charge in [0, 0.05) is 42.7 Å². The van der Waals surface area contributed by atoms with E-state index in [1.165, 1.54) is 19.1 Å². The second-order valence-corrected chi connectivity index (χ2v) is 8.54. The number of carbonyl (C=O) groups excluding carboxylic acids is 2. The van der Waals surface area contributed by atoms with Gasteiger partial charge < -0.3 is 15.5 Å². The molecule has 0 bridgehead atoms. The first kappa shape index (κ1) is 23.5. The lowest BCUT2D eigenvalue weighted by Gasteiger charge is -2.32. The van der Waals surface area contributed by atoms with Crippen LogP contribution in [0.5, 0.6) is 0 Å². The number of amides is 2. The molecule has 9 heteroatoms. The van der Waals surface area contributed by atoms with Gasteiger partial charge in [0.05, 0.1) is 11.1 Å². The third-order valence-electron chi connectivity index (χ3n) is 5.97. The fourth-order valence-corrected chi connectivity index (χ4v) is 4.21. The Kier molecular flexibility index (Phi) is 6.45. The highest BCUT2D eigenvalue weighted by molar-refractivity contribution is 5.94. The first-order valence-electron chi connectivity index (χ1n) is 11.0. The lowest BCUT2D eigenvalue weighted by Crippen LogP contribution is -2.38. The van der Waals surface area contributed by atoms with Crippen molar-refractivity contribution in [2.75, 3.05) is 28.6 Å². The molecule has 2 heterocycles. The Balaban J connectivity index is 1.41. The summed E-state index contributed by atoms with van der Waals surface area (Å²) >= 11 is 0. The van der Waals surface area contributed by atoms with E-state index in [1.807, 2.05) is 31.2 Å². The molecule has 4 rings (SSSR count). The third-order valence-corrected chi connectivity index (χ3v) is 5.97. The average molecular weight is 470 g/mol. The average Bonchev–Trinajstić information content (AvgIpc) is 2.79. The minimum absolute atomic E-state index is 0.137. The Morgan fingerprint density at radius 3 is 2.38 bits per heavy atom. The highest BCUT2D eigenvalue weighted by Gasteiger charge is 2.31. The molecule has 1 fully saturated rings. The normalized spacial score (nSPS) is 14.8. The van der Waals surface area contributed by atoms with Crippen LogP contribution < -0.4 is 15.5 Å². The molecule has 3 aromatic rings. The predicted molar refractivity (Wildman–Crippen MR) is 126 cm³/mol. The highest BCUT2D eigenvalue weighted by atomic mass is 19.4. The number of rotatable bonds is 4. The molecular weight excluding hydrogens is 445 g/mol. The summed E-state index contributed by atoms with van der Waals surface area (Å²) < 4.78 is 38.8. The number of hydrogen-bond acceptors (Lipinski definition) is 4. The number of fused-ring (bicyclic) bond motifs is 1. The zero-order chi connectivity index (χ0) is 24.5. The molecular formula is C25H25F3N4O2. The highest BCUT2D eigenvalue weighted by Crippen LogP contribution is 2.32. The largest absolute Gasteiger partial charge is 0.416 e. The van der Waals surface area contributed by atoms with E-state index >= 15 is 0 Å². The van der Waals surface area contributed by atoms with Gasteiger partial charge in [0.2, 0.25) is 11.8 Å². The van der Waals surface area contributed by atoms with E-state index in [0.717, 1.165) is 34.4 Å². The predicted octanol–water partition coefficient (Wildman–Crippen LogP) is 5.38. The smallest absolute Gasteiger partial charge is 0.357 e. The fourth-order valence-electron chi connectivity index (χ4n) is 4.21. The molecule has 0 aliphatic carbocycles. The van der Waals surface area contributed by atoms with Crippen molar-refractivity contribution >= 4 is 39.9 Å². The van der Waals surface area contributed by atoms with E-state index < -0.39 is 11.7 Å². The van der Waals surface area contributed by atoms with Crippen LogP contribution in [0.4, 0.5) is 30.4 Å². The Morgan fingerprint density at radius 1 is 1.00 bits per heavy atom. The van der Waals surface area contributed by atoms with Gasteiger partial charge >= 0.3 is 6.18 Å². The zero-order valence-electron chi connectivity index (χ0n) is 18.9. The maximum Gasteiger partial charge on any atom is 0.416 e. The molecule has 0 saturated carbocycles. The molecule has 0 atom stereocenters. The van der Waals surface area contributed by atoms with E-state index in [1.54, 1.807) is 0 Å². The van der Waals surface area contributed by atoms with Crippen molar-refractivity contribution in [3.63, 3.8) is 0 Å². The lowest BCUT2D eigenvalue weighted by atomic mass is 9.95. The van der Waals surface area contributed by atoms with E-state index in [-0.39, 0.29) is 23.4 Å². The number of pyridine rings is 1. The number of nitrogens with zero attached hydrogens (tertiary/aromatic N) is 2. The topological polar surface area (TPSA) is 74.3 Å². The molecule has 1 saturated heterocycles. The Hall–Kier alpha value is -3.62. The van der Waals surface area contributed by atoms with Gasteiger partial charge in [0.25, 0.3) is 0 Å². The van der Waals surface area contributed by atoms with Gasteiger partial charge in [-0.1, -0.05) is 6.07 Å². The van der Waals surface area contributed by atoms with Gasteiger partial charge in [-0.25, -0.2) is 4.98 Å². The number of hydrogen-bond donors (Lipinski definition) is 2. The number of carbonyl (C=O) groups is 2. The summed E-state index contributed by atoms with van der Waals surface area (Å²) in [5.41, 5.74) is 1.91. The maximum absolute atomic E-state index is 12.9. The summed E-state index contributed by atoms with van der Waals surface area (Å²) in [6.45, 7) is 4.67. The second kappa shape index (κ2) is 9.32. The second-order valence-electron chi connectivity index (χ2n) is 8.54. The van der Waals surface area contributed by atoms with Crippen molar-refractivity contribution in [3.8, 4) is 0 Å². The summed E-state index contributed by atoms with van der Waals surface area (Å²) in [5.74, 6) is 0.121. The number of anilines is 3. The van der Waals surface area contributed by atoms with E-state index in [9.17, 15) is 22.8 Å². The van der Waals surface area contributed by atoms with Crippen molar-refractivity contribution < 1.29 is 22.8 Å². The van der Waals surface area contributed by atoms with Gasteiger partial charge in [-0.05, 0) is 67.8 Å². The molecule has 178 valence electrons. The van der Waals surface area contributed by atoms with Crippen molar-refractivity contribution in [3.05, 3.63) is 59.7 Å². The molecule has 34 heavy (non-hydrogen) atoms. The number of alkyl halides is 3. The van der Waals surface area contributed by atoms with Crippen LogP contribution in [-0.2, 0) is 15.8 Å². The zero-order valence-corrected chi connectivity index (χ0v) is 18.9. The maximum atomic E-state index is 12.9. The molecule has 1 aliphatic heterocycles. The van der Waals surface area contributed by atoms with Gasteiger partial charge in [-0.3, -0.25) is 9.59 Å². The molecule has 0 radical (unpaired) electrons. The molecule has 6 nitrogen and oxygen atoms in total. The minimum atomic E-state index is -4.46. The standard InChI is InChI=1S/C25H25F3N4O2/c1-15-12-23(31-22-7-6-20(14-21(15)22)29-16(2)33)32-10-8-17(9-11-32)24(34)30-19-5-3-4-18(13-19)25(26,27)28/h3-7,12-14,17H,8-11H2,1-2H3,(H,29,33)(H,30,34). The summed E-state index contributed by atoms with van der Waals surface area (Å²) in [5, 5.41) is 6.35. The van der Waals surface area contributed by atoms with Crippen LogP contribution in [0, 0.1) is 12.8 Å². The number of nitrogens with one attached hydrogen (secondary N) is 2. The van der Waals surface area contributed by atoms with Crippen molar-refractivity contribution in [1.82, 2.24) is 4.98 Å². The van der Waals surface area contributed by atoms with E-state index in [0.29, 0.717) is 31.6 Å². The molecule has 2 amide bonds. The molecule has 0 spiro atoms. The van der Waals surface area contributed by atoms with Crippen LogP contribution in [0.15, 0.2) is 48.5 Å². The lowest BCUT2D eigenvalue weighted by molar-refractivity contribution is -0.137. The third kappa shape index (κ3) is 5.30. The van der Waals surface area contributed by atoms with Crippen LogP contribution in [0.3, 0.4) is 0 Å². The van der Waals surface area contributed by atoms with Crippen molar-refractivity contribution in [1.29, 1.82) is 0 Å². The number of halogens is 3. The van der Waals surface area contributed by atoms with Crippen molar-refractivity contribution in [2.45, 2.75) is 32.9 Å². The number of aryl methyl sites for hydroxylation is 1. The Morgan fingerprint density at radius 2 is 1.71 bits per heavy atom. The Labute approximate surface area is 195 Å². The quantitative estimate of drug-likeness (QED) is 0.537. The monoisotopic (exact) mass is 470 g/mol. The van der Waals surface area contributed by atoms with Crippen LogP contribution in [0.2, 0.25) is 0 Å². The van der Waals surface area contributed by atoms with Crippen LogP contribution in [0.1, 0.15) is 30.9 Å². The summed E-state index contributed by atoms with van der Waals surface area (Å²) in [6.07, 6.45) is -3.31. The summed E-state index contributed by atoms with van der Waals surface area (Å²) in [7, 11) is 0. The summed E-state index contributed by atoms with van der Waals surface area (Å²) in [6, 6.07) is 12.2.